The summed E-state index contributed by atoms with van der Waals surface area (Å²) in [6.45, 7) is 3.83. The summed E-state index contributed by atoms with van der Waals surface area (Å²) >= 11 is 0. The van der Waals surface area contributed by atoms with Crippen LogP contribution < -0.4 is 0 Å². The molecule has 0 fully saturated rings. The normalized spacial score (nSPS) is 12.7. The van der Waals surface area contributed by atoms with E-state index in [2.05, 4.69) is 4.98 Å². The van der Waals surface area contributed by atoms with Crippen LogP contribution in [0.3, 0.4) is 0 Å². The first-order valence-corrected chi connectivity index (χ1v) is 5.83. The number of fused-ring (bicyclic) bond motifs is 1. The third-order valence-electron chi connectivity index (χ3n) is 2.90. The van der Waals surface area contributed by atoms with Crippen LogP contribution >= 0.6 is 0 Å². The fourth-order valence-electron chi connectivity index (χ4n) is 1.95. The topological polar surface area (TPSA) is 44.1 Å². The molecular formula is C13H15FN2O2. The maximum atomic E-state index is 13.1. The van der Waals surface area contributed by atoms with E-state index < -0.39 is 5.92 Å². The van der Waals surface area contributed by atoms with Crippen molar-refractivity contribution in [3.63, 3.8) is 0 Å². The monoisotopic (exact) mass is 250 g/mol. The first-order chi connectivity index (χ1) is 8.54. The van der Waals surface area contributed by atoms with E-state index in [9.17, 15) is 9.18 Å². The summed E-state index contributed by atoms with van der Waals surface area (Å²) in [4.78, 5) is 16.0. The second kappa shape index (κ2) is 4.76. The zero-order valence-corrected chi connectivity index (χ0v) is 10.6. The van der Waals surface area contributed by atoms with Crippen molar-refractivity contribution in [2.75, 3.05) is 6.61 Å². The van der Waals surface area contributed by atoms with Crippen molar-refractivity contribution in [3.05, 3.63) is 29.8 Å². The zero-order valence-electron chi connectivity index (χ0n) is 10.6. The largest absolute Gasteiger partial charge is 0.465 e. The van der Waals surface area contributed by atoms with Gasteiger partial charge in [-0.3, -0.25) is 4.79 Å². The van der Waals surface area contributed by atoms with Gasteiger partial charge >= 0.3 is 5.97 Å². The predicted molar refractivity (Wildman–Crippen MR) is 65.7 cm³/mol. The molecule has 1 aromatic carbocycles. The quantitative estimate of drug-likeness (QED) is 0.785. The summed E-state index contributed by atoms with van der Waals surface area (Å²) in [5.74, 6) is -0.549. The Kier molecular flexibility index (Phi) is 3.32. The molecular weight excluding hydrogens is 235 g/mol. The molecule has 0 aliphatic carbocycles. The number of nitrogens with zero attached hydrogens (tertiary/aromatic N) is 2. The van der Waals surface area contributed by atoms with Crippen LogP contribution in [0.2, 0.25) is 0 Å². The summed E-state index contributed by atoms with van der Waals surface area (Å²) < 4.78 is 19.9. The van der Waals surface area contributed by atoms with Gasteiger partial charge in [0.05, 0.1) is 17.6 Å². The van der Waals surface area contributed by atoms with Crippen molar-refractivity contribution < 1.29 is 13.9 Å². The van der Waals surface area contributed by atoms with Crippen molar-refractivity contribution in [2.24, 2.45) is 7.05 Å². The Morgan fingerprint density at radius 3 is 2.94 bits per heavy atom. The first kappa shape index (κ1) is 12.5. The number of carbonyl (C=O) groups is 1. The molecule has 18 heavy (non-hydrogen) atoms. The standard InChI is InChI=1S/C13H15FN2O2/c1-4-18-13(17)8(2)12-15-10-7-9(14)5-6-11(10)16(12)3/h5-8H,4H2,1-3H3. The van der Waals surface area contributed by atoms with Gasteiger partial charge in [0.1, 0.15) is 17.6 Å². The van der Waals surface area contributed by atoms with Gasteiger partial charge in [-0.15, -0.1) is 0 Å². The van der Waals surface area contributed by atoms with Crippen LogP contribution in [0.4, 0.5) is 4.39 Å². The Labute approximate surface area is 104 Å². The average Bonchev–Trinajstić information content (AvgIpc) is 2.65. The number of benzene rings is 1. The predicted octanol–water partition coefficient (Wildman–Crippen LogP) is 2.38. The van der Waals surface area contributed by atoms with Crippen molar-refractivity contribution in [1.29, 1.82) is 0 Å². The van der Waals surface area contributed by atoms with Crippen LogP contribution in [0, 0.1) is 5.82 Å². The minimum Gasteiger partial charge on any atom is -0.465 e. The molecule has 0 saturated heterocycles. The van der Waals surface area contributed by atoms with Gasteiger partial charge in [0.15, 0.2) is 0 Å². The lowest BCUT2D eigenvalue weighted by Crippen LogP contribution is -2.16. The lowest BCUT2D eigenvalue weighted by atomic mass is 10.2. The highest BCUT2D eigenvalue weighted by molar-refractivity contribution is 5.81. The molecule has 5 heteroatoms. The van der Waals surface area contributed by atoms with E-state index in [0.717, 1.165) is 5.52 Å². The molecule has 0 aliphatic rings. The molecule has 0 spiro atoms. The van der Waals surface area contributed by atoms with E-state index in [4.69, 9.17) is 4.74 Å². The van der Waals surface area contributed by atoms with Crippen LogP contribution in [0.25, 0.3) is 11.0 Å². The first-order valence-electron chi connectivity index (χ1n) is 5.83. The minimum absolute atomic E-state index is 0.323. The number of imidazole rings is 1. The number of halogens is 1. The molecule has 96 valence electrons. The number of esters is 1. The van der Waals surface area contributed by atoms with Crippen LogP contribution in [0.15, 0.2) is 18.2 Å². The molecule has 2 aromatic rings. The fourth-order valence-corrected chi connectivity index (χ4v) is 1.95. The highest BCUT2D eigenvalue weighted by Crippen LogP contribution is 2.22. The number of hydrogen-bond acceptors (Lipinski definition) is 3. The van der Waals surface area contributed by atoms with Gasteiger partial charge in [-0.25, -0.2) is 9.37 Å². The number of aryl methyl sites for hydroxylation is 1. The molecule has 0 aliphatic heterocycles. The molecule has 4 nitrogen and oxygen atoms in total. The van der Waals surface area contributed by atoms with Crippen molar-refractivity contribution in [2.45, 2.75) is 19.8 Å². The summed E-state index contributed by atoms with van der Waals surface area (Å²) in [6.07, 6.45) is 0. The second-order valence-electron chi connectivity index (χ2n) is 4.14. The Bertz CT molecular complexity index is 592. The second-order valence-corrected chi connectivity index (χ2v) is 4.14. The Hall–Kier alpha value is -1.91. The van der Waals surface area contributed by atoms with Crippen LogP contribution in [0.5, 0.6) is 0 Å². The van der Waals surface area contributed by atoms with Crippen molar-refractivity contribution in [1.82, 2.24) is 9.55 Å². The van der Waals surface area contributed by atoms with Crippen LogP contribution in [0.1, 0.15) is 25.6 Å². The van der Waals surface area contributed by atoms with E-state index in [1.165, 1.54) is 12.1 Å². The van der Waals surface area contributed by atoms with Gasteiger partial charge in [0, 0.05) is 13.1 Å². The van der Waals surface area contributed by atoms with Gasteiger partial charge < -0.3 is 9.30 Å². The van der Waals surface area contributed by atoms with Gasteiger partial charge in [0.2, 0.25) is 0 Å². The Morgan fingerprint density at radius 2 is 2.28 bits per heavy atom. The molecule has 0 N–H and O–H groups in total. The van der Waals surface area contributed by atoms with E-state index in [-0.39, 0.29) is 11.8 Å². The minimum atomic E-state index is -0.467. The summed E-state index contributed by atoms with van der Waals surface area (Å²) in [5.41, 5.74) is 1.34. The molecule has 0 saturated carbocycles. The maximum Gasteiger partial charge on any atom is 0.316 e. The molecule has 1 atom stereocenters. The molecule has 0 bridgehead atoms. The van der Waals surface area contributed by atoms with Gasteiger partial charge in [-0.05, 0) is 26.0 Å². The smallest absolute Gasteiger partial charge is 0.316 e. The maximum absolute atomic E-state index is 13.1. The summed E-state index contributed by atoms with van der Waals surface area (Å²) in [6, 6.07) is 4.39. The van der Waals surface area contributed by atoms with E-state index in [1.54, 1.807) is 31.5 Å². The van der Waals surface area contributed by atoms with Gasteiger partial charge in [-0.2, -0.15) is 0 Å². The SMILES string of the molecule is CCOC(=O)C(C)c1nc2cc(F)ccc2n1C. The number of rotatable bonds is 3. The molecule has 2 rings (SSSR count). The Morgan fingerprint density at radius 1 is 1.56 bits per heavy atom. The lowest BCUT2D eigenvalue weighted by Gasteiger charge is -2.10. The lowest BCUT2D eigenvalue weighted by molar-refractivity contribution is -0.144. The highest BCUT2D eigenvalue weighted by atomic mass is 19.1. The van der Waals surface area contributed by atoms with Crippen molar-refractivity contribution >= 4 is 17.0 Å². The molecule has 0 radical (unpaired) electrons. The molecule has 1 unspecified atom stereocenters. The van der Waals surface area contributed by atoms with Crippen molar-refractivity contribution in [3.8, 4) is 0 Å². The molecule has 1 heterocycles. The summed E-state index contributed by atoms with van der Waals surface area (Å²) in [5, 5.41) is 0. The third-order valence-corrected chi connectivity index (χ3v) is 2.90. The van der Waals surface area contributed by atoms with Crippen LogP contribution in [-0.2, 0) is 16.6 Å². The number of carbonyl (C=O) groups excluding carboxylic acids is 1. The summed E-state index contributed by atoms with van der Waals surface area (Å²) in [7, 11) is 1.80. The van der Waals surface area contributed by atoms with Crippen LogP contribution in [-0.4, -0.2) is 22.1 Å². The van der Waals surface area contributed by atoms with Gasteiger partial charge in [0.25, 0.3) is 0 Å². The third kappa shape index (κ3) is 2.08. The van der Waals surface area contributed by atoms with E-state index in [1.807, 2.05) is 0 Å². The van der Waals surface area contributed by atoms with Gasteiger partial charge in [-0.1, -0.05) is 0 Å². The number of aromatic nitrogens is 2. The molecule has 0 amide bonds. The fraction of sp³-hybridized carbons (Fsp3) is 0.385. The molecule has 1 aromatic heterocycles. The average molecular weight is 250 g/mol. The van der Waals surface area contributed by atoms with E-state index in [0.29, 0.717) is 17.9 Å². The number of ether oxygens (including phenoxy) is 1. The zero-order chi connectivity index (χ0) is 13.3. The van der Waals surface area contributed by atoms with E-state index >= 15 is 0 Å². The Balaban J connectivity index is 2.45. The number of hydrogen-bond donors (Lipinski definition) is 0. The highest BCUT2D eigenvalue weighted by Gasteiger charge is 2.22.